The molecule has 0 fully saturated rings. The zero-order valence-corrected chi connectivity index (χ0v) is 5.73. The largest absolute Gasteiger partial charge is 0.439 e. The maximum absolute atomic E-state index is 11.6. The second-order valence-electron chi connectivity index (χ2n) is 1.33. The van der Waals surface area contributed by atoms with Gasteiger partial charge in [-0.1, -0.05) is 0 Å². The van der Waals surface area contributed by atoms with Crippen LogP contribution < -0.4 is 0 Å². The average molecular weight is 198 g/mol. The molecule has 1 heterocycles. The summed E-state index contributed by atoms with van der Waals surface area (Å²) in [6.07, 6.45) is -1.64. The molecule has 0 aromatic carbocycles. The van der Waals surface area contributed by atoms with E-state index in [0.717, 1.165) is 6.26 Å². The Kier molecular flexibility index (Phi) is 1.80. The molecular formula is C4H2BrF2NO. The fraction of sp³-hybridized carbons (Fsp3) is 0.250. The van der Waals surface area contributed by atoms with E-state index < -0.39 is 6.43 Å². The molecule has 0 N–H and O–H groups in total. The number of rotatable bonds is 1. The Morgan fingerprint density at radius 1 is 1.67 bits per heavy atom. The molecule has 1 rings (SSSR count). The van der Waals surface area contributed by atoms with Crippen molar-refractivity contribution in [3.05, 3.63) is 16.8 Å². The summed E-state index contributed by atoms with van der Waals surface area (Å²) in [4.78, 5) is 3.39. The van der Waals surface area contributed by atoms with Crippen LogP contribution in [0.4, 0.5) is 8.78 Å². The Bertz CT molecular complexity index is 200. The molecule has 50 valence electrons. The van der Waals surface area contributed by atoms with E-state index in [1.807, 2.05) is 0 Å². The lowest BCUT2D eigenvalue weighted by atomic mass is 10.5. The molecule has 0 saturated heterocycles. The second kappa shape index (κ2) is 2.43. The normalized spacial score (nSPS) is 10.7. The Labute approximate surface area is 58.0 Å². The van der Waals surface area contributed by atoms with E-state index in [9.17, 15) is 8.78 Å². The maximum atomic E-state index is 11.6. The lowest BCUT2D eigenvalue weighted by Gasteiger charge is -1.84. The van der Waals surface area contributed by atoms with Gasteiger partial charge in [-0.15, -0.1) is 0 Å². The summed E-state index contributed by atoms with van der Waals surface area (Å²) in [5.74, 6) is 0. The summed E-state index contributed by atoms with van der Waals surface area (Å²) in [6, 6.07) is 0. The van der Waals surface area contributed by atoms with Crippen molar-refractivity contribution >= 4 is 15.9 Å². The highest BCUT2D eigenvalue weighted by Crippen LogP contribution is 2.19. The molecule has 0 radical (unpaired) electrons. The highest BCUT2D eigenvalue weighted by molar-refractivity contribution is 9.10. The van der Waals surface area contributed by atoms with Crippen LogP contribution in [0.2, 0.25) is 0 Å². The Hall–Kier alpha value is -0.450. The SMILES string of the molecule is FC(F)c1coc(Br)n1. The lowest BCUT2D eigenvalue weighted by molar-refractivity contribution is 0.146. The minimum atomic E-state index is -2.56. The van der Waals surface area contributed by atoms with Crippen LogP contribution in [0, 0.1) is 0 Å². The predicted molar refractivity (Wildman–Crippen MR) is 29.2 cm³/mol. The van der Waals surface area contributed by atoms with Crippen LogP contribution in [0.1, 0.15) is 12.1 Å². The topological polar surface area (TPSA) is 26.0 Å². The molecule has 0 aliphatic carbocycles. The third-order valence-corrected chi connectivity index (χ3v) is 1.08. The van der Waals surface area contributed by atoms with E-state index in [1.165, 1.54) is 0 Å². The van der Waals surface area contributed by atoms with Crippen molar-refractivity contribution < 1.29 is 13.2 Å². The number of hydrogen-bond acceptors (Lipinski definition) is 2. The van der Waals surface area contributed by atoms with Gasteiger partial charge in [0.05, 0.1) is 0 Å². The minimum Gasteiger partial charge on any atom is -0.439 e. The highest BCUT2D eigenvalue weighted by Gasteiger charge is 2.11. The molecule has 0 atom stereocenters. The van der Waals surface area contributed by atoms with Gasteiger partial charge in [-0.25, -0.2) is 13.8 Å². The summed E-state index contributed by atoms with van der Waals surface area (Å²) in [6.45, 7) is 0. The Balaban J connectivity index is 2.85. The molecule has 5 heteroatoms. The van der Waals surface area contributed by atoms with E-state index in [1.54, 1.807) is 0 Å². The number of halogens is 3. The number of aromatic nitrogens is 1. The van der Waals surface area contributed by atoms with Crippen molar-refractivity contribution in [1.29, 1.82) is 0 Å². The average Bonchev–Trinajstić information content (AvgIpc) is 2.14. The fourth-order valence-electron chi connectivity index (χ4n) is 0.363. The highest BCUT2D eigenvalue weighted by atomic mass is 79.9. The van der Waals surface area contributed by atoms with Gasteiger partial charge in [0.1, 0.15) is 12.0 Å². The van der Waals surface area contributed by atoms with Gasteiger partial charge in [-0.05, 0) is 0 Å². The first-order valence-electron chi connectivity index (χ1n) is 2.09. The smallest absolute Gasteiger partial charge is 0.283 e. The molecule has 0 aliphatic rings. The molecule has 1 aromatic rings. The van der Waals surface area contributed by atoms with Gasteiger partial charge in [-0.2, -0.15) is 0 Å². The summed E-state index contributed by atoms with van der Waals surface area (Å²) in [5, 5.41) is 0. The monoisotopic (exact) mass is 197 g/mol. The van der Waals surface area contributed by atoms with E-state index in [4.69, 9.17) is 0 Å². The molecule has 0 amide bonds. The zero-order chi connectivity index (χ0) is 6.85. The third-order valence-electron chi connectivity index (χ3n) is 0.717. The van der Waals surface area contributed by atoms with Gasteiger partial charge in [0, 0.05) is 15.9 Å². The van der Waals surface area contributed by atoms with Crippen molar-refractivity contribution in [1.82, 2.24) is 4.98 Å². The van der Waals surface area contributed by atoms with Crippen LogP contribution >= 0.6 is 15.9 Å². The van der Waals surface area contributed by atoms with Gasteiger partial charge in [0.25, 0.3) is 11.2 Å². The number of oxazole rings is 1. The molecule has 1 aromatic heterocycles. The van der Waals surface area contributed by atoms with Crippen LogP contribution in [0.5, 0.6) is 0 Å². The molecule has 0 aliphatic heterocycles. The van der Waals surface area contributed by atoms with Gasteiger partial charge in [0.15, 0.2) is 0 Å². The van der Waals surface area contributed by atoms with Crippen LogP contribution in [0.3, 0.4) is 0 Å². The van der Waals surface area contributed by atoms with Crippen LogP contribution in [0.15, 0.2) is 15.5 Å². The molecular weight excluding hydrogens is 196 g/mol. The molecule has 0 unspecified atom stereocenters. The van der Waals surface area contributed by atoms with Gasteiger partial charge in [-0.3, -0.25) is 0 Å². The van der Waals surface area contributed by atoms with Crippen LogP contribution in [-0.2, 0) is 0 Å². The Morgan fingerprint density at radius 3 is 2.56 bits per heavy atom. The van der Waals surface area contributed by atoms with Crippen LogP contribution in [-0.4, -0.2) is 4.98 Å². The first kappa shape index (κ1) is 6.67. The molecule has 0 bridgehead atoms. The Morgan fingerprint density at radius 2 is 2.33 bits per heavy atom. The number of hydrogen-bond donors (Lipinski definition) is 0. The van der Waals surface area contributed by atoms with Crippen molar-refractivity contribution in [3.63, 3.8) is 0 Å². The van der Waals surface area contributed by atoms with Crippen molar-refractivity contribution in [2.45, 2.75) is 6.43 Å². The predicted octanol–water partition coefficient (Wildman–Crippen LogP) is 2.37. The van der Waals surface area contributed by atoms with Gasteiger partial charge >= 0.3 is 0 Å². The van der Waals surface area contributed by atoms with E-state index in [-0.39, 0.29) is 10.5 Å². The van der Waals surface area contributed by atoms with Gasteiger partial charge < -0.3 is 4.42 Å². The van der Waals surface area contributed by atoms with Crippen molar-refractivity contribution in [2.75, 3.05) is 0 Å². The first-order chi connectivity index (χ1) is 4.20. The summed E-state index contributed by atoms with van der Waals surface area (Å²) < 4.78 is 27.7. The number of alkyl halides is 2. The summed E-state index contributed by atoms with van der Waals surface area (Å²) in [7, 11) is 0. The third kappa shape index (κ3) is 1.48. The van der Waals surface area contributed by atoms with E-state index in [0.29, 0.717) is 0 Å². The fourth-order valence-corrected chi connectivity index (χ4v) is 0.662. The zero-order valence-electron chi connectivity index (χ0n) is 4.14. The minimum absolute atomic E-state index is 0.0813. The molecule has 2 nitrogen and oxygen atoms in total. The van der Waals surface area contributed by atoms with Crippen LogP contribution in [0.25, 0.3) is 0 Å². The van der Waals surface area contributed by atoms with Crippen molar-refractivity contribution in [2.24, 2.45) is 0 Å². The second-order valence-corrected chi connectivity index (χ2v) is 2.00. The summed E-state index contributed by atoms with van der Waals surface area (Å²) >= 11 is 2.79. The quantitative estimate of drug-likeness (QED) is 0.692. The number of nitrogens with zero attached hydrogens (tertiary/aromatic N) is 1. The van der Waals surface area contributed by atoms with Gasteiger partial charge in [0.2, 0.25) is 0 Å². The van der Waals surface area contributed by atoms with E-state index >= 15 is 0 Å². The first-order valence-corrected chi connectivity index (χ1v) is 2.88. The molecule has 0 spiro atoms. The lowest BCUT2D eigenvalue weighted by Crippen LogP contribution is -1.80. The van der Waals surface area contributed by atoms with E-state index in [2.05, 4.69) is 25.3 Å². The standard InChI is InChI=1S/C4H2BrF2NO/c5-4-8-2(1-9-4)3(6)7/h1,3H. The van der Waals surface area contributed by atoms with Crippen molar-refractivity contribution in [3.8, 4) is 0 Å². The molecule has 0 saturated carbocycles. The molecule has 9 heavy (non-hydrogen) atoms. The summed E-state index contributed by atoms with van der Waals surface area (Å²) in [5.41, 5.74) is -0.345. The maximum Gasteiger partial charge on any atom is 0.283 e.